The van der Waals surface area contributed by atoms with Crippen LogP contribution in [-0.2, 0) is 12.8 Å². The molecule has 0 bridgehead atoms. The summed E-state index contributed by atoms with van der Waals surface area (Å²) >= 11 is 31.3. The maximum Gasteiger partial charge on any atom is 0.167 e. The number of benzene rings is 6. The molecule has 2 aliphatic rings. The van der Waals surface area contributed by atoms with Gasteiger partial charge in [0.2, 0.25) is 0 Å². The Hall–Kier alpha value is -4.50. The third-order valence-corrected chi connectivity index (χ3v) is 17.0. The zero-order valence-electron chi connectivity index (χ0n) is 31.8. The summed E-state index contributed by atoms with van der Waals surface area (Å²) in [6, 6.07) is 59.6. The van der Waals surface area contributed by atoms with E-state index in [0.717, 1.165) is 63.8 Å². The van der Waals surface area contributed by atoms with E-state index in [0.29, 0.717) is 0 Å². The molecule has 0 amide bonds. The van der Waals surface area contributed by atoms with Gasteiger partial charge in [-0.2, -0.15) is 0 Å². The first-order valence-corrected chi connectivity index (χ1v) is 24.4. The van der Waals surface area contributed by atoms with Gasteiger partial charge in [0.1, 0.15) is 20.3 Å². The summed E-state index contributed by atoms with van der Waals surface area (Å²) in [6.07, 6.45) is 1.80. The van der Waals surface area contributed by atoms with Gasteiger partial charge in [0.25, 0.3) is 0 Å². The van der Waals surface area contributed by atoms with Crippen LogP contribution < -0.4 is 9.80 Å². The van der Waals surface area contributed by atoms with E-state index in [1.165, 1.54) is 32.0 Å². The molecular weight excluding hydrogens is 889 g/mol. The number of hydrogen-bond acceptors (Lipinski definition) is 8. The molecule has 2 atom stereocenters. The molecule has 0 saturated heterocycles. The third-order valence-electron chi connectivity index (χ3n) is 10.7. The van der Waals surface area contributed by atoms with Crippen molar-refractivity contribution in [2.45, 2.75) is 23.3 Å². The minimum Gasteiger partial charge on any atom is -0.280 e. The van der Waals surface area contributed by atoms with Crippen molar-refractivity contribution in [3.05, 3.63) is 210 Å². The second kappa shape index (κ2) is 17.1. The normalized spacial score (nSPS) is 16.1. The largest absolute Gasteiger partial charge is 0.280 e. The Labute approximate surface area is 386 Å². The second-order valence-corrected chi connectivity index (χ2v) is 21.1. The van der Waals surface area contributed by atoms with Crippen LogP contribution in [0.3, 0.4) is 0 Å². The van der Waals surface area contributed by atoms with E-state index in [2.05, 4.69) is 177 Å². The molecule has 0 saturated carbocycles. The molecular formula is C48H34N4S8. The molecule has 2 aromatic heterocycles. The van der Waals surface area contributed by atoms with Crippen LogP contribution in [0.2, 0.25) is 0 Å². The summed E-state index contributed by atoms with van der Waals surface area (Å²) in [5.74, 6) is 2.05. The lowest BCUT2D eigenvalue weighted by atomic mass is 10.0. The number of fused-ring (bicyclic) bond motifs is 2. The van der Waals surface area contributed by atoms with Gasteiger partial charge in [-0.1, -0.05) is 169 Å². The van der Waals surface area contributed by atoms with Gasteiger partial charge in [-0.15, -0.1) is 22.7 Å². The highest BCUT2D eigenvalue weighted by molar-refractivity contribution is 8.24. The Morgan fingerprint density at radius 1 is 0.383 bits per heavy atom. The fourth-order valence-electron chi connectivity index (χ4n) is 7.78. The van der Waals surface area contributed by atoms with Crippen LogP contribution in [0, 0.1) is 7.91 Å². The average Bonchev–Trinajstić information content (AvgIpc) is 3.82. The lowest BCUT2D eigenvalue weighted by molar-refractivity contribution is 0.950. The first kappa shape index (κ1) is 39.6. The minimum atomic E-state index is 0.0685. The zero-order valence-corrected chi connectivity index (χ0v) is 38.3. The molecule has 0 fully saturated rings. The number of nitrogens with zero attached hydrogens (tertiary/aromatic N) is 4. The van der Waals surface area contributed by atoms with Crippen LogP contribution in [-0.4, -0.2) is 17.8 Å². The van der Waals surface area contributed by atoms with Crippen molar-refractivity contribution >= 4 is 127 Å². The molecule has 60 heavy (non-hydrogen) atoms. The van der Waals surface area contributed by atoms with Crippen molar-refractivity contribution in [3.8, 4) is 11.4 Å². The summed E-state index contributed by atoms with van der Waals surface area (Å²) in [7, 11) is 0. The molecule has 6 aromatic carbocycles. The third kappa shape index (κ3) is 7.47. The Morgan fingerprint density at radius 2 is 0.717 bits per heavy atom. The van der Waals surface area contributed by atoms with Crippen molar-refractivity contribution in [3.63, 3.8) is 0 Å². The molecule has 2 aliphatic heterocycles. The number of thiazole rings is 2. The molecule has 8 aromatic rings. The quantitative estimate of drug-likeness (QED) is 0.131. The van der Waals surface area contributed by atoms with Crippen LogP contribution >= 0.6 is 95.1 Å². The van der Waals surface area contributed by atoms with Crippen molar-refractivity contribution < 1.29 is 0 Å². The molecule has 12 heteroatoms. The number of rotatable bonds is 9. The van der Waals surface area contributed by atoms with Crippen molar-refractivity contribution in [2.24, 2.45) is 0 Å². The predicted molar refractivity (Wildman–Crippen MR) is 270 cm³/mol. The fourth-order valence-corrected chi connectivity index (χ4v) is 14.2. The van der Waals surface area contributed by atoms with Gasteiger partial charge in [0, 0.05) is 22.7 Å². The van der Waals surface area contributed by atoms with Crippen molar-refractivity contribution in [1.29, 1.82) is 0 Å². The highest BCUT2D eigenvalue weighted by atomic mass is 32.2. The van der Waals surface area contributed by atoms with Gasteiger partial charge in [0.05, 0.1) is 20.3 Å². The fraction of sp³-hybridized carbons (Fsp3) is 0.0833. The summed E-state index contributed by atoms with van der Waals surface area (Å²) in [6.45, 7) is 0. The molecule has 0 spiro atoms. The monoisotopic (exact) mass is 922 g/mol. The van der Waals surface area contributed by atoms with Gasteiger partial charge in [-0.05, 0) is 108 Å². The Balaban J connectivity index is 0.926. The Bertz CT molecular complexity index is 2750. The Morgan fingerprint density at radius 3 is 1.07 bits per heavy atom. The smallest absolute Gasteiger partial charge is 0.167 e. The Kier molecular flexibility index (Phi) is 11.3. The standard InChI is InChI=1S/C48H34N4S8/c53-45-49(35-17-9-3-10-18-35)43-41(39(57-45)33-13-5-1-6-14-33)59-47(55)51(43)37-27-23-31(24-28-37)21-22-32-25-29-38(30-26-32)52-44-42(60-48(52)56)40(34-15-7-2-8-16-34)58-46(54)50(44)36-19-11-4-12-20-36/h1-20,23-30,39-40H,21-22H2/t39-,40-/m1/s1. The number of thioether (sulfide) groups is 2. The summed E-state index contributed by atoms with van der Waals surface area (Å²) in [5, 5.41) is 0.137. The van der Waals surface area contributed by atoms with Gasteiger partial charge >= 0.3 is 0 Å². The van der Waals surface area contributed by atoms with E-state index in [9.17, 15) is 0 Å². The number of para-hydroxylation sites is 2. The topological polar surface area (TPSA) is 16.3 Å². The van der Waals surface area contributed by atoms with Crippen molar-refractivity contribution in [2.75, 3.05) is 9.80 Å². The van der Waals surface area contributed by atoms with Crippen LogP contribution in [0.15, 0.2) is 170 Å². The summed E-state index contributed by atoms with van der Waals surface area (Å²) in [4.78, 5) is 6.78. The molecule has 4 heterocycles. The molecule has 0 N–H and O–H groups in total. The molecule has 4 nitrogen and oxygen atoms in total. The van der Waals surface area contributed by atoms with Crippen LogP contribution in [0.25, 0.3) is 11.4 Å². The maximum atomic E-state index is 6.13. The highest BCUT2D eigenvalue weighted by Crippen LogP contribution is 2.54. The van der Waals surface area contributed by atoms with E-state index < -0.39 is 0 Å². The summed E-state index contributed by atoms with van der Waals surface area (Å²) < 4.78 is 7.62. The number of aryl methyl sites for hydroxylation is 2. The number of anilines is 4. The zero-order chi connectivity index (χ0) is 40.7. The van der Waals surface area contributed by atoms with E-state index in [-0.39, 0.29) is 10.5 Å². The van der Waals surface area contributed by atoms with Gasteiger partial charge in [0.15, 0.2) is 7.91 Å². The summed E-state index contributed by atoms with van der Waals surface area (Å²) in [5.41, 5.74) is 9.08. The number of thiocarbonyl (C=S) groups is 2. The molecule has 10 rings (SSSR count). The molecule has 0 aliphatic carbocycles. The predicted octanol–water partition coefficient (Wildman–Crippen LogP) is 15.2. The van der Waals surface area contributed by atoms with E-state index in [1.807, 2.05) is 12.1 Å². The van der Waals surface area contributed by atoms with E-state index in [4.69, 9.17) is 48.9 Å². The maximum absolute atomic E-state index is 6.13. The number of hydrogen-bond donors (Lipinski definition) is 0. The van der Waals surface area contributed by atoms with E-state index in [1.54, 1.807) is 46.2 Å². The minimum absolute atomic E-state index is 0.0685. The van der Waals surface area contributed by atoms with Gasteiger partial charge in [-0.25, -0.2) is 0 Å². The van der Waals surface area contributed by atoms with Crippen molar-refractivity contribution in [1.82, 2.24) is 9.13 Å². The van der Waals surface area contributed by atoms with Gasteiger partial charge < -0.3 is 0 Å². The van der Waals surface area contributed by atoms with E-state index >= 15 is 0 Å². The van der Waals surface area contributed by atoms with Crippen LogP contribution in [0.1, 0.15) is 42.5 Å². The lowest BCUT2D eigenvalue weighted by Crippen LogP contribution is -2.29. The lowest BCUT2D eigenvalue weighted by Gasteiger charge is -2.34. The molecule has 0 radical (unpaired) electrons. The second-order valence-electron chi connectivity index (χ2n) is 14.3. The van der Waals surface area contributed by atoms with Crippen LogP contribution in [0.5, 0.6) is 0 Å². The number of aromatic nitrogens is 2. The first-order chi connectivity index (χ1) is 29.4. The first-order valence-electron chi connectivity index (χ1n) is 19.3. The average molecular weight is 923 g/mol. The van der Waals surface area contributed by atoms with Crippen LogP contribution in [0.4, 0.5) is 23.0 Å². The molecule has 0 unspecified atom stereocenters. The highest BCUT2D eigenvalue weighted by Gasteiger charge is 2.38. The SMILES string of the molecule is S=C1S[C@H](c2ccccc2)c2sc(=S)n(-c3ccc(CCc4ccc(-n5c6c(sc5=S)[C@@H](c5ccccc5)SC(=S)N6c5ccccc5)cc4)cc3)c2N1c1ccccc1. The van der Waals surface area contributed by atoms with Gasteiger partial charge in [-0.3, -0.25) is 18.9 Å². The molecule has 294 valence electrons.